The molecule has 3 nitrogen and oxygen atoms in total. The first-order valence-corrected chi connectivity index (χ1v) is 4.48. The van der Waals surface area contributed by atoms with Crippen molar-refractivity contribution in [2.24, 2.45) is 0 Å². The summed E-state index contributed by atoms with van der Waals surface area (Å²) in [6, 6.07) is 6.39. The van der Waals surface area contributed by atoms with E-state index in [1.54, 1.807) is 6.92 Å². The molecule has 1 aromatic rings. The lowest BCUT2D eigenvalue weighted by Crippen LogP contribution is -1.85. The smallest absolute Gasteiger partial charge is 0.168 e. The van der Waals surface area contributed by atoms with Crippen molar-refractivity contribution in [3.8, 4) is 6.07 Å². The van der Waals surface area contributed by atoms with Crippen LogP contribution in [0.25, 0.3) is 0 Å². The van der Waals surface area contributed by atoms with E-state index >= 15 is 0 Å². The molecule has 1 rings (SSSR count). The van der Waals surface area contributed by atoms with Crippen LogP contribution in [-0.2, 0) is 10.7 Å². The van der Waals surface area contributed by atoms with Crippen molar-refractivity contribution in [1.29, 1.82) is 5.26 Å². The molecule has 0 aromatic heterocycles. The lowest BCUT2D eigenvalue weighted by Gasteiger charge is -1.96. The summed E-state index contributed by atoms with van der Waals surface area (Å²) in [6.45, 7) is 1.71. The van der Waals surface area contributed by atoms with Crippen molar-refractivity contribution in [3.63, 3.8) is 0 Å². The molecule has 1 aromatic carbocycles. The molecule has 0 spiro atoms. The van der Waals surface area contributed by atoms with Gasteiger partial charge >= 0.3 is 0 Å². The Hall–Kier alpha value is -1.34. The molecule has 0 aliphatic carbocycles. The van der Waals surface area contributed by atoms with Crippen LogP contribution in [0.5, 0.6) is 0 Å². The Balaban J connectivity index is 3.30. The summed E-state index contributed by atoms with van der Waals surface area (Å²) in [4.78, 5) is 0.251. The van der Waals surface area contributed by atoms with Crippen LogP contribution < -0.4 is 0 Å². The highest BCUT2D eigenvalue weighted by molar-refractivity contribution is 7.72. The molecule has 0 amide bonds. The first-order valence-electron chi connectivity index (χ1n) is 3.30. The summed E-state index contributed by atoms with van der Waals surface area (Å²) in [7, 11) is -2.54. The van der Waals surface area contributed by atoms with Crippen LogP contribution in [0.3, 0.4) is 0 Å². The van der Waals surface area contributed by atoms with Crippen LogP contribution in [0.15, 0.2) is 23.1 Å². The van der Waals surface area contributed by atoms with Gasteiger partial charge in [-0.05, 0) is 30.7 Å². The number of hydrogen-bond donors (Lipinski definition) is 1. The number of nitrogens with zero attached hydrogens (tertiary/aromatic N) is 1. The van der Waals surface area contributed by atoms with Gasteiger partial charge in [-0.3, -0.25) is 0 Å². The Morgan fingerprint density at radius 1 is 1.42 bits per heavy atom. The van der Waals surface area contributed by atoms with Crippen LogP contribution in [0, 0.1) is 18.3 Å². The van der Waals surface area contributed by atoms with E-state index in [0.29, 0.717) is 11.1 Å². The fraction of sp³-hybridized carbons (Fsp3) is 0.125. The molecule has 0 bridgehead atoms. The highest BCUT2D eigenvalue weighted by atomic mass is 32.2. The van der Waals surface area contributed by atoms with Gasteiger partial charge in [0.25, 0.3) is 0 Å². The van der Waals surface area contributed by atoms with E-state index in [9.17, 15) is 8.42 Å². The second kappa shape index (κ2) is 3.37. The van der Waals surface area contributed by atoms with Gasteiger partial charge in [0.1, 0.15) is 0 Å². The summed E-state index contributed by atoms with van der Waals surface area (Å²) in [5.41, 5.74) is 1.20. The molecule has 0 saturated heterocycles. The lowest BCUT2D eigenvalue weighted by molar-refractivity contribution is 0.614. The number of rotatable bonds is 1. The van der Waals surface area contributed by atoms with Crippen molar-refractivity contribution in [2.75, 3.05) is 0 Å². The molecule has 0 atom stereocenters. The van der Waals surface area contributed by atoms with Gasteiger partial charge in [-0.1, -0.05) is 0 Å². The lowest BCUT2D eigenvalue weighted by atomic mass is 10.1. The van der Waals surface area contributed by atoms with E-state index in [1.807, 2.05) is 6.07 Å². The minimum absolute atomic E-state index is 0.251. The molecular formula is C8H7NO2S. The molecule has 0 N–H and O–H groups in total. The number of thiol groups is 1. The molecule has 12 heavy (non-hydrogen) atoms. The van der Waals surface area contributed by atoms with Gasteiger partial charge < -0.3 is 0 Å². The molecule has 62 valence electrons. The van der Waals surface area contributed by atoms with Crippen LogP contribution in [0.1, 0.15) is 11.1 Å². The Morgan fingerprint density at radius 2 is 2.08 bits per heavy atom. The van der Waals surface area contributed by atoms with Crippen molar-refractivity contribution < 1.29 is 8.42 Å². The van der Waals surface area contributed by atoms with E-state index in [1.165, 1.54) is 18.2 Å². The fourth-order valence-electron chi connectivity index (χ4n) is 0.887. The molecule has 0 saturated carbocycles. The van der Waals surface area contributed by atoms with Crippen molar-refractivity contribution in [1.82, 2.24) is 0 Å². The number of nitriles is 1. The van der Waals surface area contributed by atoms with Gasteiger partial charge in [0.2, 0.25) is 0 Å². The third-order valence-electron chi connectivity index (χ3n) is 1.54. The SMILES string of the molecule is Cc1cc([SH](=O)=O)ccc1C#N. The van der Waals surface area contributed by atoms with Crippen molar-refractivity contribution in [2.45, 2.75) is 11.8 Å². The van der Waals surface area contributed by atoms with Crippen molar-refractivity contribution in [3.05, 3.63) is 29.3 Å². The molecule has 0 heterocycles. The van der Waals surface area contributed by atoms with E-state index in [4.69, 9.17) is 5.26 Å². The second-order valence-corrected chi connectivity index (χ2v) is 3.40. The van der Waals surface area contributed by atoms with Gasteiger partial charge in [-0.25, -0.2) is 8.42 Å². The van der Waals surface area contributed by atoms with E-state index < -0.39 is 10.7 Å². The Bertz CT molecular complexity index is 408. The van der Waals surface area contributed by atoms with E-state index in [-0.39, 0.29) is 4.90 Å². The first kappa shape index (κ1) is 8.75. The second-order valence-electron chi connectivity index (χ2n) is 2.37. The molecule has 0 aliphatic rings. The highest BCUT2D eigenvalue weighted by Gasteiger charge is 1.99. The summed E-state index contributed by atoms with van der Waals surface area (Å²) in [6.07, 6.45) is 0. The van der Waals surface area contributed by atoms with E-state index in [2.05, 4.69) is 0 Å². The summed E-state index contributed by atoms with van der Waals surface area (Å²) in [5.74, 6) is 0. The predicted octanol–water partition coefficient (Wildman–Crippen LogP) is 0.837. The zero-order chi connectivity index (χ0) is 9.14. The van der Waals surface area contributed by atoms with Crippen LogP contribution in [-0.4, -0.2) is 8.42 Å². The summed E-state index contributed by atoms with van der Waals surface area (Å²) < 4.78 is 21.0. The fourth-order valence-corrected chi connectivity index (χ4v) is 1.38. The zero-order valence-electron chi connectivity index (χ0n) is 6.44. The van der Waals surface area contributed by atoms with Gasteiger partial charge in [0.15, 0.2) is 10.7 Å². The first-order chi connectivity index (χ1) is 5.65. The maximum atomic E-state index is 10.5. The topological polar surface area (TPSA) is 57.9 Å². The Kier molecular flexibility index (Phi) is 2.46. The Labute approximate surface area is 72.2 Å². The molecule has 0 aliphatic heterocycles. The van der Waals surface area contributed by atoms with Gasteiger partial charge in [0.05, 0.1) is 16.5 Å². The van der Waals surface area contributed by atoms with Crippen LogP contribution in [0.2, 0.25) is 0 Å². The largest absolute Gasteiger partial charge is 0.227 e. The number of aryl methyl sites for hydroxylation is 1. The maximum absolute atomic E-state index is 10.5. The molecule has 0 radical (unpaired) electrons. The van der Waals surface area contributed by atoms with Crippen molar-refractivity contribution >= 4 is 10.7 Å². The molecular weight excluding hydrogens is 174 g/mol. The minimum Gasteiger partial charge on any atom is -0.227 e. The maximum Gasteiger partial charge on any atom is 0.168 e. The summed E-state index contributed by atoms with van der Waals surface area (Å²) in [5, 5.41) is 8.55. The average Bonchev–Trinajstić information content (AvgIpc) is 2.04. The summed E-state index contributed by atoms with van der Waals surface area (Å²) >= 11 is 0. The zero-order valence-corrected chi connectivity index (χ0v) is 7.34. The molecule has 0 fully saturated rings. The van der Waals surface area contributed by atoms with E-state index in [0.717, 1.165) is 0 Å². The Morgan fingerprint density at radius 3 is 2.50 bits per heavy atom. The molecule has 4 heteroatoms. The predicted molar refractivity (Wildman–Crippen MR) is 44.5 cm³/mol. The van der Waals surface area contributed by atoms with Gasteiger partial charge in [-0.2, -0.15) is 5.26 Å². The number of hydrogen-bond acceptors (Lipinski definition) is 3. The standard InChI is InChI=1S/C8H7NO2S/c1-6-4-8(12(10)11)3-2-7(6)5-9/h2-4,12H,1H3. The van der Waals surface area contributed by atoms with Crippen LogP contribution in [0.4, 0.5) is 0 Å². The number of benzene rings is 1. The normalized spacial score (nSPS) is 9.75. The molecule has 0 unspecified atom stereocenters. The van der Waals surface area contributed by atoms with Crippen LogP contribution >= 0.6 is 0 Å². The monoisotopic (exact) mass is 181 g/mol. The van der Waals surface area contributed by atoms with Gasteiger partial charge in [0, 0.05) is 0 Å². The minimum atomic E-state index is -2.54. The quantitative estimate of drug-likeness (QED) is 0.653. The third kappa shape index (κ3) is 1.63. The average molecular weight is 181 g/mol. The third-order valence-corrected chi connectivity index (χ3v) is 2.24. The highest BCUT2D eigenvalue weighted by Crippen LogP contribution is 2.10. The van der Waals surface area contributed by atoms with Gasteiger partial charge in [-0.15, -0.1) is 0 Å².